The Morgan fingerprint density at radius 3 is 2.32 bits per heavy atom. The molecule has 0 bridgehead atoms. The van der Waals surface area contributed by atoms with Crippen LogP contribution in [0.3, 0.4) is 0 Å². The van der Waals surface area contributed by atoms with E-state index < -0.39 is 40.2 Å². The molecule has 6 nitrogen and oxygen atoms in total. The number of carbonyl (C=O) groups excluding carboxylic acids is 1. The minimum Gasteiger partial charge on any atom is -0.495 e. The van der Waals surface area contributed by atoms with Crippen molar-refractivity contribution in [1.29, 1.82) is 0 Å². The normalized spacial score (nSPS) is 12.6. The lowest BCUT2D eigenvalue weighted by Gasteiger charge is -2.22. The SMILES string of the molecule is CCN(CC(=O)N[C@H](C)c1ccc(F)cc1)S(=O)(=O)c1cc(F)ccc1OC. The Labute approximate surface area is 163 Å². The summed E-state index contributed by atoms with van der Waals surface area (Å²) in [6, 6.07) is 8.33. The second-order valence-corrected chi connectivity index (χ2v) is 7.97. The Balaban J connectivity index is 2.17. The molecular weight excluding hydrogens is 390 g/mol. The van der Waals surface area contributed by atoms with Crippen LogP contribution in [0.25, 0.3) is 0 Å². The number of ether oxygens (including phenoxy) is 1. The quantitative estimate of drug-likeness (QED) is 0.724. The first-order valence-electron chi connectivity index (χ1n) is 8.57. The second kappa shape index (κ2) is 9.11. The lowest BCUT2D eigenvalue weighted by Crippen LogP contribution is -2.41. The summed E-state index contributed by atoms with van der Waals surface area (Å²) in [4.78, 5) is 12.0. The number of sulfonamides is 1. The number of rotatable bonds is 8. The lowest BCUT2D eigenvalue weighted by atomic mass is 10.1. The van der Waals surface area contributed by atoms with Crippen LogP contribution in [0, 0.1) is 11.6 Å². The molecule has 0 aliphatic heterocycles. The van der Waals surface area contributed by atoms with E-state index in [2.05, 4.69) is 5.32 Å². The molecular formula is C19H22F2N2O4S. The van der Waals surface area contributed by atoms with Crippen molar-refractivity contribution in [3.63, 3.8) is 0 Å². The van der Waals surface area contributed by atoms with Crippen molar-refractivity contribution in [2.24, 2.45) is 0 Å². The first kappa shape index (κ1) is 21.8. The zero-order chi connectivity index (χ0) is 20.9. The Morgan fingerprint density at radius 1 is 1.14 bits per heavy atom. The summed E-state index contributed by atoms with van der Waals surface area (Å²) in [5.41, 5.74) is 0.674. The number of likely N-dealkylation sites (N-methyl/N-ethyl adjacent to an activating group) is 1. The molecule has 0 unspecified atom stereocenters. The number of nitrogens with one attached hydrogen (secondary N) is 1. The first-order valence-corrected chi connectivity index (χ1v) is 10.0. The van der Waals surface area contributed by atoms with Crippen LogP contribution in [-0.2, 0) is 14.8 Å². The third-order valence-electron chi connectivity index (χ3n) is 4.16. The number of halogens is 2. The number of nitrogens with zero attached hydrogens (tertiary/aromatic N) is 1. The van der Waals surface area contributed by atoms with Crippen molar-refractivity contribution < 1.29 is 26.7 Å². The molecule has 1 N–H and O–H groups in total. The summed E-state index contributed by atoms with van der Waals surface area (Å²) in [6.07, 6.45) is 0. The van der Waals surface area contributed by atoms with Crippen molar-refractivity contribution in [1.82, 2.24) is 9.62 Å². The van der Waals surface area contributed by atoms with Gasteiger partial charge in [0.1, 0.15) is 22.3 Å². The molecule has 0 aromatic heterocycles. The fourth-order valence-corrected chi connectivity index (χ4v) is 4.21. The van der Waals surface area contributed by atoms with Gasteiger partial charge in [-0.2, -0.15) is 4.31 Å². The average Bonchev–Trinajstić information content (AvgIpc) is 2.66. The van der Waals surface area contributed by atoms with E-state index in [1.54, 1.807) is 13.8 Å². The van der Waals surface area contributed by atoms with E-state index in [0.29, 0.717) is 5.56 Å². The fraction of sp³-hybridized carbons (Fsp3) is 0.316. The summed E-state index contributed by atoms with van der Waals surface area (Å²) in [5.74, 6) is -1.68. The number of amides is 1. The lowest BCUT2D eigenvalue weighted by molar-refractivity contribution is -0.121. The molecule has 0 aliphatic rings. The molecule has 28 heavy (non-hydrogen) atoms. The standard InChI is InChI=1S/C19H22F2N2O4S/c1-4-23(28(25,26)18-11-16(21)9-10-17(18)27-3)12-19(24)22-13(2)14-5-7-15(20)8-6-14/h5-11,13H,4,12H2,1-3H3,(H,22,24)/t13-/m1/s1. The number of hydrogen-bond donors (Lipinski definition) is 1. The van der Waals surface area contributed by atoms with Gasteiger partial charge in [0.25, 0.3) is 0 Å². The van der Waals surface area contributed by atoms with Gasteiger partial charge in [-0.25, -0.2) is 17.2 Å². The van der Waals surface area contributed by atoms with Crippen LogP contribution in [0.5, 0.6) is 5.75 Å². The topological polar surface area (TPSA) is 75.7 Å². The molecule has 0 radical (unpaired) electrons. The smallest absolute Gasteiger partial charge is 0.247 e. The fourth-order valence-electron chi connectivity index (χ4n) is 2.64. The maximum absolute atomic E-state index is 13.6. The van der Waals surface area contributed by atoms with Gasteiger partial charge in [0.15, 0.2) is 0 Å². The highest BCUT2D eigenvalue weighted by atomic mass is 32.2. The van der Waals surface area contributed by atoms with Gasteiger partial charge in [-0.1, -0.05) is 19.1 Å². The molecule has 9 heteroatoms. The van der Waals surface area contributed by atoms with Crippen LogP contribution in [0.1, 0.15) is 25.5 Å². The van der Waals surface area contributed by atoms with Crippen LogP contribution in [0.4, 0.5) is 8.78 Å². The molecule has 2 aromatic carbocycles. The van der Waals surface area contributed by atoms with Gasteiger partial charge in [0.2, 0.25) is 15.9 Å². The van der Waals surface area contributed by atoms with E-state index >= 15 is 0 Å². The molecule has 1 atom stereocenters. The van der Waals surface area contributed by atoms with Crippen molar-refractivity contribution in [2.45, 2.75) is 24.8 Å². The molecule has 1 amide bonds. The second-order valence-electron chi connectivity index (χ2n) is 6.07. The Morgan fingerprint density at radius 2 is 1.75 bits per heavy atom. The van der Waals surface area contributed by atoms with Crippen LogP contribution >= 0.6 is 0 Å². The van der Waals surface area contributed by atoms with Gasteiger partial charge >= 0.3 is 0 Å². The van der Waals surface area contributed by atoms with E-state index in [1.807, 2.05) is 0 Å². The predicted molar refractivity (Wildman–Crippen MR) is 100 cm³/mol. The van der Waals surface area contributed by atoms with Gasteiger partial charge in [-0.3, -0.25) is 4.79 Å². The molecule has 0 spiro atoms. The highest BCUT2D eigenvalue weighted by molar-refractivity contribution is 7.89. The van der Waals surface area contributed by atoms with E-state index in [0.717, 1.165) is 16.4 Å². The molecule has 2 aromatic rings. The summed E-state index contributed by atoms with van der Waals surface area (Å²) < 4.78 is 58.3. The molecule has 2 rings (SSSR count). The zero-order valence-electron chi connectivity index (χ0n) is 15.8. The monoisotopic (exact) mass is 412 g/mol. The summed E-state index contributed by atoms with van der Waals surface area (Å²) in [6.45, 7) is 2.82. The zero-order valence-corrected chi connectivity index (χ0v) is 16.6. The minimum atomic E-state index is -4.16. The van der Waals surface area contributed by atoms with E-state index in [4.69, 9.17) is 4.74 Å². The van der Waals surface area contributed by atoms with Crippen molar-refractivity contribution >= 4 is 15.9 Å². The van der Waals surface area contributed by atoms with Gasteiger partial charge in [-0.05, 0) is 42.8 Å². The van der Waals surface area contributed by atoms with Gasteiger partial charge < -0.3 is 10.1 Å². The third kappa shape index (κ3) is 5.05. The van der Waals surface area contributed by atoms with Gasteiger partial charge in [0.05, 0.1) is 19.7 Å². The molecule has 0 heterocycles. The Kier molecular flexibility index (Phi) is 7.09. The number of benzene rings is 2. The Hall–Kier alpha value is -2.52. The van der Waals surface area contributed by atoms with Crippen LogP contribution in [0.2, 0.25) is 0 Å². The Bertz CT molecular complexity index is 933. The molecule has 0 saturated carbocycles. The van der Waals surface area contributed by atoms with Crippen LogP contribution in [-0.4, -0.2) is 38.8 Å². The van der Waals surface area contributed by atoms with E-state index in [9.17, 15) is 22.0 Å². The van der Waals surface area contributed by atoms with Crippen molar-refractivity contribution in [3.05, 3.63) is 59.7 Å². The molecule has 0 saturated heterocycles. The highest BCUT2D eigenvalue weighted by Crippen LogP contribution is 2.27. The van der Waals surface area contributed by atoms with E-state index in [-0.39, 0.29) is 17.2 Å². The van der Waals surface area contributed by atoms with Crippen LogP contribution in [0.15, 0.2) is 47.4 Å². The number of methoxy groups -OCH3 is 1. The summed E-state index contributed by atoms with van der Waals surface area (Å²) in [7, 11) is -2.88. The van der Waals surface area contributed by atoms with Gasteiger partial charge in [0, 0.05) is 6.54 Å². The molecule has 152 valence electrons. The van der Waals surface area contributed by atoms with Gasteiger partial charge in [-0.15, -0.1) is 0 Å². The van der Waals surface area contributed by atoms with Crippen LogP contribution < -0.4 is 10.1 Å². The summed E-state index contributed by atoms with van der Waals surface area (Å²) >= 11 is 0. The maximum Gasteiger partial charge on any atom is 0.247 e. The number of hydrogen-bond acceptors (Lipinski definition) is 4. The maximum atomic E-state index is 13.6. The number of carbonyl (C=O) groups is 1. The predicted octanol–water partition coefficient (Wildman–Crippen LogP) is 2.86. The minimum absolute atomic E-state index is 0.000347. The summed E-state index contributed by atoms with van der Waals surface area (Å²) in [5, 5.41) is 2.67. The molecule has 0 fully saturated rings. The van der Waals surface area contributed by atoms with Crippen molar-refractivity contribution in [3.8, 4) is 5.75 Å². The average molecular weight is 412 g/mol. The van der Waals surface area contributed by atoms with E-state index in [1.165, 1.54) is 37.4 Å². The molecule has 0 aliphatic carbocycles. The van der Waals surface area contributed by atoms with Crippen molar-refractivity contribution in [2.75, 3.05) is 20.2 Å². The largest absolute Gasteiger partial charge is 0.495 e. The first-order chi connectivity index (χ1) is 13.2. The third-order valence-corrected chi connectivity index (χ3v) is 6.11. The highest BCUT2D eigenvalue weighted by Gasteiger charge is 2.29.